The molecule has 0 aliphatic heterocycles. The number of para-hydroxylation sites is 1. The monoisotopic (exact) mass is 374 g/mol. The molecule has 0 unspecified atom stereocenters. The summed E-state index contributed by atoms with van der Waals surface area (Å²) < 4.78 is 10.6. The molecule has 2 rings (SSSR count). The first-order valence-corrected chi connectivity index (χ1v) is 8.16. The van der Waals surface area contributed by atoms with Crippen LogP contribution in [0.3, 0.4) is 0 Å². The van der Waals surface area contributed by atoms with Crippen molar-refractivity contribution in [1.29, 1.82) is 0 Å². The Morgan fingerprint density at radius 1 is 1.12 bits per heavy atom. The molecule has 0 aliphatic rings. The molecule has 0 radical (unpaired) electrons. The number of hydrazine groups is 1. The molecule has 0 aliphatic carbocycles. The van der Waals surface area contributed by atoms with Crippen LogP contribution in [0.4, 0.5) is 0 Å². The zero-order valence-electron chi connectivity index (χ0n) is 14.4. The maximum absolute atomic E-state index is 11.8. The molecule has 0 saturated carbocycles. The van der Waals surface area contributed by atoms with Gasteiger partial charge in [0.25, 0.3) is 11.8 Å². The normalized spacial score (nSPS) is 10.4. The summed E-state index contributed by atoms with van der Waals surface area (Å²) in [7, 11) is 1.55. The number of methoxy groups -OCH3 is 1. The molecular weight excluding hydrogens is 356 g/mol. The Kier molecular flexibility index (Phi) is 7.05. The standard InChI is InChI=1S/C19H19ClN2O4/c1-13-11-15(20)8-9-16(13)26-12-19(24)22-21-18(23)10-7-14-5-3-4-6-17(14)25-2/h3-11H,12H2,1-2H3,(H,21,23)(H,22,24)/b10-7+. The van der Waals surface area contributed by atoms with Crippen LogP contribution in [0.1, 0.15) is 11.1 Å². The van der Waals surface area contributed by atoms with Crippen LogP contribution in [0, 0.1) is 6.92 Å². The highest BCUT2D eigenvalue weighted by Gasteiger charge is 2.06. The van der Waals surface area contributed by atoms with E-state index in [1.54, 1.807) is 37.5 Å². The van der Waals surface area contributed by atoms with Crippen molar-refractivity contribution in [3.63, 3.8) is 0 Å². The zero-order valence-corrected chi connectivity index (χ0v) is 15.2. The number of aryl methyl sites for hydroxylation is 1. The van der Waals surface area contributed by atoms with Crippen molar-refractivity contribution < 1.29 is 19.1 Å². The van der Waals surface area contributed by atoms with Crippen LogP contribution in [0.25, 0.3) is 6.08 Å². The van der Waals surface area contributed by atoms with E-state index in [1.165, 1.54) is 6.08 Å². The van der Waals surface area contributed by atoms with Gasteiger partial charge in [0.05, 0.1) is 7.11 Å². The Labute approximate surface area is 156 Å². The number of rotatable bonds is 6. The van der Waals surface area contributed by atoms with Gasteiger partial charge < -0.3 is 9.47 Å². The minimum atomic E-state index is -0.488. The van der Waals surface area contributed by atoms with Gasteiger partial charge in [-0.25, -0.2) is 0 Å². The number of benzene rings is 2. The first-order valence-electron chi connectivity index (χ1n) is 7.78. The fourth-order valence-corrected chi connectivity index (χ4v) is 2.32. The molecule has 2 aromatic rings. The van der Waals surface area contributed by atoms with E-state index in [0.717, 1.165) is 11.1 Å². The molecule has 7 heteroatoms. The number of hydrogen-bond acceptors (Lipinski definition) is 4. The highest BCUT2D eigenvalue weighted by atomic mass is 35.5. The van der Waals surface area contributed by atoms with Gasteiger partial charge >= 0.3 is 0 Å². The summed E-state index contributed by atoms with van der Waals surface area (Å²) in [5.74, 6) is 0.226. The topological polar surface area (TPSA) is 76.7 Å². The van der Waals surface area contributed by atoms with E-state index in [9.17, 15) is 9.59 Å². The Morgan fingerprint density at radius 2 is 1.88 bits per heavy atom. The van der Waals surface area contributed by atoms with E-state index >= 15 is 0 Å². The SMILES string of the molecule is COc1ccccc1/C=C/C(=O)NNC(=O)COc1ccc(Cl)cc1C. The van der Waals surface area contributed by atoms with Gasteiger partial charge in [0.15, 0.2) is 6.61 Å². The summed E-state index contributed by atoms with van der Waals surface area (Å²) in [6, 6.07) is 12.3. The molecule has 6 nitrogen and oxygen atoms in total. The maximum Gasteiger partial charge on any atom is 0.276 e. The number of carbonyl (C=O) groups excluding carboxylic acids is 2. The molecule has 0 aromatic heterocycles. The van der Waals surface area contributed by atoms with E-state index in [1.807, 2.05) is 25.1 Å². The minimum absolute atomic E-state index is 0.237. The molecule has 0 fully saturated rings. The second-order valence-corrected chi connectivity index (χ2v) is 5.75. The third-order valence-corrected chi connectivity index (χ3v) is 3.61. The first-order chi connectivity index (χ1) is 12.5. The highest BCUT2D eigenvalue weighted by Crippen LogP contribution is 2.21. The van der Waals surface area contributed by atoms with E-state index in [2.05, 4.69) is 10.9 Å². The summed E-state index contributed by atoms with van der Waals surface area (Å²) in [6.45, 7) is 1.59. The fraction of sp³-hybridized carbons (Fsp3) is 0.158. The van der Waals surface area contributed by atoms with Crippen LogP contribution >= 0.6 is 11.6 Å². The van der Waals surface area contributed by atoms with Gasteiger partial charge in [0.2, 0.25) is 0 Å². The largest absolute Gasteiger partial charge is 0.496 e. The van der Waals surface area contributed by atoms with E-state index in [0.29, 0.717) is 16.5 Å². The molecule has 136 valence electrons. The molecule has 26 heavy (non-hydrogen) atoms. The molecule has 0 saturated heterocycles. The molecule has 0 spiro atoms. The summed E-state index contributed by atoms with van der Waals surface area (Å²) in [5.41, 5.74) is 6.12. The predicted octanol–water partition coefficient (Wildman–Crippen LogP) is 2.90. The number of carbonyl (C=O) groups is 2. The third kappa shape index (κ3) is 5.82. The van der Waals surface area contributed by atoms with Crippen molar-refractivity contribution in [2.75, 3.05) is 13.7 Å². The van der Waals surface area contributed by atoms with E-state index < -0.39 is 11.8 Å². The zero-order chi connectivity index (χ0) is 18.9. The lowest BCUT2D eigenvalue weighted by atomic mass is 10.2. The molecule has 2 aromatic carbocycles. The predicted molar refractivity (Wildman–Crippen MR) is 100.0 cm³/mol. The first kappa shape index (κ1) is 19.3. The number of halogens is 1. The van der Waals surface area contributed by atoms with Crippen LogP contribution in [0.15, 0.2) is 48.5 Å². The molecular formula is C19H19ClN2O4. The summed E-state index contributed by atoms with van der Waals surface area (Å²) >= 11 is 5.86. The average molecular weight is 375 g/mol. The van der Waals surface area contributed by atoms with Gasteiger partial charge in [-0.05, 0) is 42.8 Å². The average Bonchev–Trinajstić information content (AvgIpc) is 2.64. The molecule has 2 N–H and O–H groups in total. The van der Waals surface area contributed by atoms with Gasteiger partial charge in [0, 0.05) is 16.7 Å². The Hall–Kier alpha value is -2.99. The van der Waals surface area contributed by atoms with Crippen LogP contribution < -0.4 is 20.3 Å². The van der Waals surface area contributed by atoms with Gasteiger partial charge in [-0.1, -0.05) is 29.8 Å². The lowest BCUT2D eigenvalue weighted by Crippen LogP contribution is -2.43. The maximum atomic E-state index is 11.8. The third-order valence-electron chi connectivity index (χ3n) is 3.37. The number of nitrogens with one attached hydrogen (secondary N) is 2. The van der Waals surface area contributed by atoms with E-state index in [4.69, 9.17) is 21.1 Å². The van der Waals surface area contributed by atoms with Gasteiger partial charge in [0.1, 0.15) is 11.5 Å². The van der Waals surface area contributed by atoms with Crippen molar-refractivity contribution >= 4 is 29.5 Å². The van der Waals surface area contributed by atoms with Gasteiger partial charge in [-0.15, -0.1) is 0 Å². The quantitative estimate of drug-likeness (QED) is 0.602. The number of ether oxygens (including phenoxy) is 2. The second kappa shape index (κ2) is 9.48. The Morgan fingerprint density at radius 3 is 2.62 bits per heavy atom. The molecule has 2 amide bonds. The molecule has 0 atom stereocenters. The van der Waals surface area contributed by atoms with Crippen molar-refractivity contribution in [2.24, 2.45) is 0 Å². The van der Waals surface area contributed by atoms with Crippen LogP contribution in [-0.4, -0.2) is 25.5 Å². The lowest BCUT2D eigenvalue weighted by molar-refractivity contribution is -0.128. The van der Waals surface area contributed by atoms with Crippen molar-refractivity contribution in [1.82, 2.24) is 10.9 Å². The van der Waals surface area contributed by atoms with Gasteiger partial charge in [-0.3, -0.25) is 20.4 Å². The van der Waals surface area contributed by atoms with Gasteiger partial charge in [-0.2, -0.15) is 0 Å². The molecule has 0 bridgehead atoms. The second-order valence-electron chi connectivity index (χ2n) is 5.31. The van der Waals surface area contributed by atoms with Crippen LogP contribution in [0.5, 0.6) is 11.5 Å². The van der Waals surface area contributed by atoms with Crippen LogP contribution in [-0.2, 0) is 9.59 Å². The van der Waals surface area contributed by atoms with Crippen molar-refractivity contribution in [2.45, 2.75) is 6.92 Å². The smallest absolute Gasteiger partial charge is 0.276 e. The minimum Gasteiger partial charge on any atom is -0.496 e. The molecule has 0 heterocycles. The Balaban J connectivity index is 1.79. The summed E-state index contributed by atoms with van der Waals surface area (Å²) in [6.07, 6.45) is 2.89. The highest BCUT2D eigenvalue weighted by molar-refractivity contribution is 6.30. The summed E-state index contributed by atoms with van der Waals surface area (Å²) in [5, 5.41) is 0.591. The summed E-state index contributed by atoms with van der Waals surface area (Å²) in [4.78, 5) is 23.5. The number of hydrogen-bond donors (Lipinski definition) is 2. The van der Waals surface area contributed by atoms with Crippen LogP contribution in [0.2, 0.25) is 5.02 Å². The van der Waals surface area contributed by atoms with E-state index in [-0.39, 0.29) is 6.61 Å². The Bertz CT molecular complexity index is 821. The van der Waals surface area contributed by atoms with Crippen molar-refractivity contribution in [3.05, 3.63) is 64.7 Å². The number of amides is 2. The van der Waals surface area contributed by atoms with Crippen molar-refractivity contribution in [3.8, 4) is 11.5 Å². The lowest BCUT2D eigenvalue weighted by Gasteiger charge is -2.10. The fourth-order valence-electron chi connectivity index (χ4n) is 2.10.